The molecule has 0 aliphatic carbocycles. The Balaban J connectivity index is 1.57. The molecule has 2 heterocycles. The number of phenolic OH excluding ortho intramolecular Hbond substituents is 1. The highest BCUT2D eigenvalue weighted by molar-refractivity contribution is 9.11. The first-order chi connectivity index (χ1) is 11.0. The maximum Gasteiger partial charge on any atom is 0.253 e. The quantitative estimate of drug-likeness (QED) is 0.828. The number of nitrogens with zero attached hydrogens (tertiary/aromatic N) is 2. The van der Waals surface area contributed by atoms with E-state index in [9.17, 15) is 9.90 Å². The molecule has 0 saturated carbocycles. The molecule has 1 aromatic heterocycles. The van der Waals surface area contributed by atoms with Crippen molar-refractivity contribution in [1.29, 1.82) is 0 Å². The fourth-order valence-corrected chi connectivity index (χ4v) is 4.29. The van der Waals surface area contributed by atoms with Crippen LogP contribution in [0, 0.1) is 0 Å². The molecular weight excluding hydrogens is 400 g/mol. The second kappa shape index (κ2) is 7.21. The number of hydrogen-bond donors (Lipinski definition) is 1. The summed E-state index contributed by atoms with van der Waals surface area (Å²) >= 11 is 11.1. The van der Waals surface area contributed by atoms with Gasteiger partial charge in [-0.1, -0.05) is 11.6 Å². The predicted octanol–water partition coefficient (Wildman–Crippen LogP) is 3.83. The number of halogens is 2. The summed E-state index contributed by atoms with van der Waals surface area (Å²) < 4.78 is 1.14. The van der Waals surface area contributed by atoms with Gasteiger partial charge < -0.3 is 10.0 Å². The van der Waals surface area contributed by atoms with Crippen LogP contribution in [0.15, 0.2) is 34.1 Å². The van der Waals surface area contributed by atoms with Gasteiger partial charge in [-0.25, -0.2) is 0 Å². The number of phenols is 1. The topological polar surface area (TPSA) is 43.8 Å². The Bertz CT molecular complexity index is 714. The molecule has 2 aromatic rings. The summed E-state index contributed by atoms with van der Waals surface area (Å²) in [5.74, 6) is -0.0411. The molecule has 1 aromatic carbocycles. The zero-order valence-electron chi connectivity index (χ0n) is 12.3. The zero-order chi connectivity index (χ0) is 16.4. The van der Waals surface area contributed by atoms with Crippen LogP contribution in [0.5, 0.6) is 5.75 Å². The van der Waals surface area contributed by atoms with Crippen LogP contribution in [0.2, 0.25) is 5.02 Å². The molecule has 1 N–H and O–H groups in total. The van der Waals surface area contributed by atoms with Crippen LogP contribution < -0.4 is 0 Å². The van der Waals surface area contributed by atoms with Gasteiger partial charge in [0.05, 0.1) is 8.81 Å². The average molecular weight is 416 g/mol. The monoisotopic (exact) mass is 414 g/mol. The van der Waals surface area contributed by atoms with E-state index in [4.69, 9.17) is 11.6 Å². The highest BCUT2D eigenvalue weighted by Crippen LogP contribution is 2.25. The van der Waals surface area contributed by atoms with E-state index < -0.39 is 0 Å². The van der Waals surface area contributed by atoms with Crippen LogP contribution >= 0.6 is 38.9 Å². The molecule has 122 valence electrons. The molecule has 1 aliphatic heterocycles. The first-order valence-corrected chi connectivity index (χ1v) is 9.26. The van der Waals surface area contributed by atoms with Crippen molar-refractivity contribution >= 4 is 44.8 Å². The lowest BCUT2D eigenvalue weighted by atomic mass is 10.1. The molecule has 0 atom stereocenters. The van der Waals surface area contributed by atoms with Crippen molar-refractivity contribution in [1.82, 2.24) is 9.80 Å². The van der Waals surface area contributed by atoms with Crippen molar-refractivity contribution in [3.05, 3.63) is 49.6 Å². The third-order valence-electron chi connectivity index (χ3n) is 3.86. The van der Waals surface area contributed by atoms with E-state index in [1.807, 2.05) is 4.90 Å². The SMILES string of the molecule is O=C(c1ccc(O)c(Cl)c1)N1CCN(Cc2ccc(Br)s2)CC1. The molecule has 4 nitrogen and oxygen atoms in total. The van der Waals surface area contributed by atoms with Crippen molar-refractivity contribution in [3.8, 4) is 5.75 Å². The fraction of sp³-hybridized carbons (Fsp3) is 0.312. The van der Waals surface area contributed by atoms with Gasteiger partial charge in [-0.05, 0) is 46.3 Å². The van der Waals surface area contributed by atoms with E-state index in [-0.39, 0.29) is 16.7 Å². The highest BCUT2D eigenvalue weighted by atomic mass is 79.9. The molecule has 0 unspecified atom stereocenters. The van der Waals surface area contributed by atoms with Gasteiger partial charge >= 0.3 is 0 Å². The van der Waals surface area contributed by atoms with Crippen LogP contribution in [0.1, 0.15) is 15.2 Å². The van der Waals surface area contributed by atoms with Crippen molar-refractivity contribution in [3.63, 3.8) is 0 Å². The molecule has 0 spiro atoms. The number of piperazine rings is 1. The number of aromatic hydroxyl groups is 1. The Morgan fingerprint density at radius 3 is 2.57 bits per heavy atom. The Labute approximate surface area is 152 Å². The Hall–Kier alpha value is -1.08. The van der Waals surface area contributed by atoms with Gasteiger partial charge in [-0.2, -0.15) is 0 Å². The summed E-state index contributed by atoms with van der Waals surface area (Å²) in [6.07, 6.45) is 0. The number of carbonyl (C=O) groups excluding carboxylic acids is 1. The van der Waals surface area contributed by atoms with E-state index in [0.29, 0.717) is 18.7 Å². The molecule has 7 heteroatoms. The fourth-order valence-electron chi connectivity index (χ4n) is 2.59. The van der Waals surface area contributed by atoms with Gasteiger partial charge in [-0.15, -0.1) is 11.3 Å². The van der Waals surface area contributed by atoms with Crippen LogP contribution in [0.25, 0.3) is 0 Å². The molecule has 1 amide bonds. The lowest BCUT2D eigenvalue weighted by molar-refractivity contribution is 0.0629. The summed E-state index contributed by atoms with van der Waals surface area (Å²) in [5, 5.41) is 9.65. The summed E-state index contributed by atoms with van der Waals surface area (Å²) in [6, 6.07) is 8.79. The molecular formula is C16H16BrClN2O2S. The van der Waals surface area contributed by atoms with E-state index in [2.05, 4.69) is 33.0 Å². The summed E-state index contributed by atoms with van der Waals surface area (Å²) in [7, 11) is 0. The Morgan fingerprint density at radius 2 is 1.96 bits per heavy atom. The minimum Gasteiger partial charge on any atom is -0.506 e. The minimum atomic E-state index is -0.0366. The van der Waals surface area contributed by atoms with Gasteiger partial charge in [-0.3, -0.25) is 9.69 Å². The zero-order valence-corrected chi connectivity index (χ0v) is 15.5. The van der Waals surface area contributed by atoms with Gasteiger partial charge in [0.2, 0.25) is 0 Å². The normalized spacial score (nSPS) is 15.8. The Morgan fingerprint density at radius 1 is 1.22 bits per heavy atom. The van der Waals surface area contributed by atoms with E-state index in [1.54, 1.807) is 17.4 Å². The maximum absolute atomic E-state index is 12.5. The Kier molecular flexibility index (Phi) is 5.26. The largest absolute Gasteiger partial charge is 0.506 e. The first-order valence-electron chi connectivity index (χ1n) is 7.27. The van der Waals surface area contributed by atoms with Crippen LogP contribution in [0.3, 0.4) is 0 Å². The second-order valence-corrected chi connectivity index (χ2v) is 8.40. The number of hydrogen-bond acceptors (Lipinski definition) is 4. The molecule has 1 saturated heterocycles. The first kappa shape index (κ1) is 16.8. The average Bonchev–Trinajstić information content (AvgIpc) is 2.95. The predicted molar refractivity (Wildman–Crippen MR) is 96.3 cm³/mol. The smallest absolute Gasteiger partial charge is 0.253 e. The maximum atomic E-state index is 12.5. The molecule has 23 heavy (non-hydrogen) atoms. The molecule has 1 aliphatic rings. The van der Waals surface area contributed by atoms with Crippen molar-refractivity contribution < 1.29 is 9.90 Å². The third-order valence-corrected chi connectivity index (χ3v) is 5.77. The van der Waals surface area contributed by atoms with Crippen molar-refractivity contribution in [2.75, 3.05) is 26.2 Å². The van der Waals surface area contributed by atoms with Gasteiger partial charge in [0.15, 0.2) is 0 Å². The van der Waals surface area contributed by atoms with Gasteiger partial charge in [0.1, 0.15) is 5.75 Å². The summed E-state index contributed by atoms with van der Waals surface area (Å²) in [5.41, 5.74) is 0.517. The number of thiophene rings is 1. The minimum absolute atomic E-state index is 0.00450. The molecule has 0 radical (unpaired) electrons. The number of amides is 1. The van der Waals surface area contributed by atoms with E-state index in [0.717, 1.165) is 23.4 Å². The van der Waals surface area contributed by atoms with E-state index >= 15 is 0 Å². The molecule has 0 bridgehead atoms. The van der Waals surface area contributed by atoms with Crippen molar-refractivity contribution in [2.24, 2.45) is 0 Å². The number of benzene rings is 1. The number of rotatable bonds is 3. The third kappa shape index (κ3) is 4.07. The van der Waals surface area contributed by atoms with Gasteiger partial charge in [0.25, 0.3) is 5.91 Å². The highest BCUT2D eigenvalue weighted by Gasteiger charge is 2.22. The molecule has 1 fully saturated rings. The van der Waals surface area contributed by atoms with Crippen LogP contribution in [0.4, 0.5) is 0 Å². The molecule has 3 rings (SSSR count). The lowest BCUT2D eigenvalue weighted by Gasteiger charge is -2.34. The number of carbonyl (C=O) groups is 1. The standard InChI is InChI=1S/C16H16BrClN2O2S/c17-15-4-2-12(23-15)10-19-5-7-20(8-6-19)16(22)11-1-3-14(21)13(18)9-11/h1-4,9,21H,5-8,10H2. The summed E-state index contributed by atoms with van der Waals surface area (Å²) in [6.45, 7) is 4.03. The van der Waals surface area contributed by atoms with Crippen molar-refractivity contribution in [2.45, 2.75) is 6.54 Å². The second-order valence-electron chi connectivity index (χ2n) is 5.44. The van der Waals surface area contributed by atoms with Gasteiger partial charge in [0, 0.05) is 43.2 Å². The summed E-state index contributed by atoms with van der Waals surface area (Å²) in [4.78, 5) is 18.0. The lowest BCUT2D eigenvalue weighted by Crippen LogP contribution is -2.48. The van der Waals surface area contributed by atoms with Crippen LogP contribution in [-0.2, 0) is 6.54 Å². The van der Waals surface area contributed by atoms with Crippen LogP contribution in [-0.4, -0.2) is 47.0 Å². The van der Waals surface area contributed by atoms with E-state index in [1.165, 1.54) is 17.0 Å².